The number of amides is 1. The van der Waals surface area contributed by atoms with Crippen LogP contribution in [0.5, 0.6) is 17.2 Å². The first-order valence-corrected chi connectivity index (χ1v) is 10.8. The number of carbonyl (C=O) groups is 1. The molecular formula is C25H28N2O4. The number of hydrogen-bond donors (Lipinski definition) is 0. The van der Waals surface area contributed by atoms with Gasteiger partial charge in [0.25, 0.3) is 0 Å². The lowest BCUT2D eigenvalue weighted by atomic mass is 9.85. The Balaban J connectivity index is 1.78. The molecule has 2 aliphatic heterocycles. The second-order valence-electron chi connectivity index (χ2n) is 8.65. The topological polar surface area (TPSA) is 51.2 Å². The molecule has 6 heteroatoms. The molecule has 1 saturated heterocycles. The molecule has 0 aromatic heterocycles. The Hall–Kier alpha value is -2.99. The summed E-state index contributed by atoms with van der Waals surface area (Å²) in [5.74, 6) is 1.97. The molecule has 0 radical (unpaired) electrons. The summed E-state index contributed by atoms with van der Waals surface area (Å²) in [6.07, 6.45) is 3.18. The van der Waals surface area contributed by atoms with Crippen LogP contribution in [-0.2, 0) is 13.0 Å². The van der Waals surface area contributed by atoms with Gasteiger partial charge in [-0.15, -0.1) is 0 Å². The number of rotatable bonds is 3. The quantitative estimate of drug-likeness (QED) is 0.580. The standard InChI is InChI=1S/C25H28N2O4/c1-26(2)25(28)31-16-7-8-17-19(11-16)21-13-24(30-4)23(29-3)12-20(21)18-10-15-6-5-9-27(15)14-22(17)18/h7-8,11-13,15H,5-6,9-10,14H2,1-4H3/t15-/m1/s1. The Morgan fingerprint density at radius 1 is 0.968 bits per heavy atom. The zero-order chi connectivity index (χ0) is 21.7. The number of nitrogens with zero attached hydrogens (tertiary/aromatic N) is 2. The van der Waals surface area contributed by atoms with Crippen molar-refractivity contribution >= 4 is 27.6 Å². The number of carbonyl (C=O) groups excluding carboxylic acids is 1. The number of methoxy groups -OCH3 is 2. The van der Waals surface area contributed by atoms with Crippen molar-refractivity contribution in [2.24, 2.45) is 0 Å². The van der Waals surface area contributed by atoms with Gasteiger partial charge in [-0.05, 0) is 82.7 Å². The van der Waals surface area contributed by atoms with Crippen LogP contribution in [0.4, 0.5) is 4.79 Å². The Kier molecular flexibility index (Phi) is 4.89. The van der Waals surface area contributed by atoms with Gasteiger partial charge in [-0.1, -0.05) is 6.07 Å². The van der Waals surface area contributed by atoms with Crippen LogP contribution in [0.1, 0.15) is 24.0 Å². The van der Waals surface area contributed by atoms with E-state index in [1.54, 1.807) is 28.3 Å². The minimum absolute atomic E-state index is 0.388. The van der Waals surface area contributed by atoms with E-state index < -0.39 is 0 Å². The lowest BCUT2D eigenvalue weighted by Crippen LogP contribution is -2.35. The van der Waals surface area contributed by atoms with Crippen molar-refractivity contribution in [1.82, 2.24) is 9.80 Å². The molecule has 0 bridgehead atoms. The van der Waals surface area contributed by atoms with Crippen LogP contribution in [-0.4, -0.2) is 56.8 Å². The van der Waals surface area contributed by atoms with Gasteiger partial charge in [-0.3, -0.25) is 4.90 Å². The maximum atomic E-state index is 12.1. The summed E-state index contributed by atoms with van der Waals surface area (Å²) < 4.78 is 16.8. The van der Waals surface area contributed by atoms with E-state index in [2.05, 4.69) is 23.1 Å². The average molecular weight is 421 g/mol. The van der Waals surface area contributed by atoms with Crippen molar-refractivity contribution in [3.63, 3.8) is 0 Å². The van der Waals surface area contributed by atoms with Crippen LogP contribution in [0.2, 0.25) is 0 Å². The first-order valence-electron chi connectivity index (χ1n) is 10.8. The Morgan fingerprint density at radius 3 is 2.39 bits per heavy atom. The molecule has 1 fully saturated rings. The van der Waals surface area contributed by atoms with Gasteiger partial charge in [0.15, 0.2) is 11.5 Å². The maximum absolute atomic E-state index is 12.1. The highest BCUT2D eigenvalue weighted by Crippen LogP contribution is 2.44. The maximum Gasteiger partial charge on any atom is 0.414 e. The lowest BCUT2D eigenvalue weighted by Gasteiger charge is -2.33. The van der Waals surface area contributed by atoms with Gasteiger partial charge in [-0.2, -0.15) is 0 Å². The van der Waals surface area contributed by atoms with Gasteiger partial charge in [0.1, 0.15) is 5.75 Å². The largest absolute Gasteiger partial charge is 0.493 e. The molecular weight excluding hydrogens is 392 g/mol. The van der Waals surface area contributed by atoms with Crippen LogP contribution >= 0.6 is 0 Å². The second-order valence-corrected chi connectivity index (χ2v) is 8.65. The van der Waals surface area contributed by atoms with Crippen LogP contribution in [0, 0.1) is 0 Å². The molecule has 0 N–H and O–H groups in total. The molecule has 3 aromatic rings. The van der Waals surface area contributed by atoms with Crippen molar-refractivity contribution < 1.29 is 19.0 Å². The molecule has 3 aromatic carbocycles. The van der Waals surface area contributed by atoms with Crippen molar-refractivity contribution in [2.75, 3.05) is 34.9 Å². The van der Waals surface area contributed by atoms with E-state index in [-0.39, 0.29) is 6.09 Å². The zero-order valence-electron chi connectivity index (χ0n) is 18.5. The normalized spacial score (nSPS) is 18.0. The van der Waals surface area contributed by atoms with E-state index in [1.807, 2.05) is 12.1 Å². The SMILES string of the molecule is COc1cc2c3c(c4ccc(OC(=O)N(C)C)cc4c2cc1OC)CN1CCC[C@@H]1C3. The molecule has 0 aliphatic carbocycles. The monoisotopic (exact) mass is 420 g/mol. The molecule has 2 heterocycles. The third-order valence-corrected chi connectivity index (χ3v) is 6.69. The summed E-state index contributed by atoms with van der Waals surface area (Å²) in [6.45, 7) is 2.12. The zero-order valence-corrected chi connectivity index (χ0v) is 18.5. The lowest BCUT2D eigenvalue weighted by molar-refractivity contribution is 0.172. The Morgan fingerprint density at radius 2 is 1.68 bits per heavy atom. The minimum Gasteiger partial charge on any atom is -0.493 e. The van der Waals surface area contributed by atoms with Gasteiger partial charge in [-0.25, -0.2) is 4.79 Å². The fourth-order valence-corrected chi connectivity index (χ4v) is 5.13. The summed E-state index contributed by atoms with van der Waals surface area (Å²) in [5, 5.41) is 4.57. The predicted octanol–water partition coefficient (Wildman–Crippen LogP) is 4.59. The summed E-state index contributed by atoms with van der Waals surface area (Å²) in [4.78, 5) is 16.1. The van der Waals surface area contributed by atoms with Crippen molar-refractivity contribution in [2.45, 2.75) is 31.8 Å². The van der Waals surface area contributed by atoms with Crippen molar-refractivity contribution in [3.05, 3.63) is 41.5 Å². The van der Waals surface area contributed by atoms with E-state index in [1.165, 1.54) is 39.6 Å². The molecule has 31 heavy (non-hydrogen) atoms. The highest BCUT2D eigenvalue weighted by atomic mass is 16.6. The van der Waals surface area contributed by atoms with E-state index in [0.29, 0.717) is 17.5 Å². The fraction of sp³-hybridized carbons (Fsp3) is 0.400. The summed E-state index contributed by atoms with van der Waals surface area (Å²) in [7, 11) is 6.69. The average Bonchev–Trinajstić information content (AvgIpc) is 3.24. The molecule has 0 saturated carbocycles. The molecule has 1 atom stereocenters. The molecule has 6 nitrogen and oxygen atoms in total. The van der Waals surface area contributed by atoms with Crippen LogP contribution in [0.15, 0.2) is 30.3 Å². The van der Waals surface area contributed by atoms with E-state index in [0.717, 1.165) is 36.0 Å². The van der Waals surface area contributed by atoms with Gasteiger partial charge in [0.05, 0.1) is 14.2 Å². The third-order valence-electron chi connectivity index (χ3n) is 6.69. The highest BCUT2D eigenvalue weighted by molar-refractivity contribution is 6.12. The first-order chi connectivity index (χ1) is 15.0. The second kappa shape index (κ2) is 7.61. The summed E-state index contributed by atoms with van der Waals surface area (Å²) in [6, 6.07) is 10.7. The Labute approximate surface area is 182 Å². The molecule has 0 unspecified atom stereocenters. The number of hydrogen-bond acceptors (Lipinski definition) is 5. The number of benzene rings is 3. The molecule has 1 amide bonds. The van der Waals surface area contributed by atoms with Gasteiger partial charge >= 0.3 is 6.09 Å². The molecule has 162 valence electrons. The highest BCUT2D eigenvalue weighted by Gasteiger charge is 2.32. The molecule has 2 aliphatic rings. The fourth-order valence-electron chi connectivity index (χ4n) is 5.13. The van der Waals surface area contributed by atoms with E-state index in [4.69, 9.17) is 14.2 Å². The minimum atomic E-state index is -0.388. The number of fused-ring (bicyclic) bond motifs is 7. The van der Waals surface area contributed by atoms with Gasteiger partial charge in [0.2, 0.25) is 0 Å². The summed E-state index contributed by atoms with van der Waals surface area (Å²) in [5.41, 5.74) is 2.78. The van der Waals surface area contributed by atoms with Crippen molar-refractivity contribution in [3.8, 4) is 17.2 Å². The molecule has 0 spiro atoms. The van der Waals surface area contributed by atoms with Crippen LogP contribution in [0.25, 0.3) is 21.5 Å². The smallest absolute Gasteiger partial charge is 0.414 e. The predicted molar refractivity (Wildman–Crippen MR) is 121 cm³/mol. The van der Waals surface area contributed by atoms with Crippen LogP contribution < -0.4 is 14.2 Å². The Bertz CT molecular complexity index is 1190. The van der Waals surface area contributed by atoms with Crippen LogP contribution in [0.3, 0.4) is 0 Å². The summed E-state index contributed by atoms with van der Waals surface area (Å²) >= 11 is 0. The van der Waals surface area contributed by atoms with Gasteiger partial charge in [0, 0.05) is 26.7 Å². The molecule has 5 rings (SSSR count). The third kappa shape index (κ3) is 3.26. The van der Waals surface area contributed by atoms with Gasteiger partial charge < -0.3 is 19.1 Å². The number of ether oxygens (including phenoxy) is 3. The first kappa shape index (κ1) is 19.9. The van der Waals surface area contributed by atoms with E-state index in [9.17, 15) is 4.79 Å². The van der Waals surface area contributed by atoms with Crippen molar-refractivity contribution in [1.29, 1.82) is 0 Å². The van der Waals surface area contributed by atoms with E-state index >= 15 is 0 Å².